The van der Waals surface area contributed by atoms with Crippen LogP contribution in [0.2, 0.25) is 0 Å². The maximum atomic E-state index is 11.8. The van der Waals surface area contributed by atoms with Crippen LogP contribution in [0.25, 0.3) is 0 Å². The summed E-state index contributed by atoms with van der Waals surface area (Å²) in [7, 11) is 0. The van der Waals surface area contributed by atoms with E-state index in [-0.39, 0.29) is 18.1 Å². The molecule has 0 radical (unpaired) electrons. The van der Waals surface area contributed by atoms with Crippen molar-refractivity contribution in [1.82, 2.24) is 0 Å². The summed E-state index contributed by atoms with van der Waals surface area (Å²) in [5.41, 5.74) is 0. The van der Waals surface area contributed by atoms with Crippen LogP contribution in [0.15, 0.2) is 0 Å². The van der Waals surface area contributed by atoms with Crippen LogP contribution >= 0.6 is 0 Å². The second-order valence-corrected chi connectivity index (χ2v) is 4.37. The first kappa shape index (κ1) is 9.99. The minimum absolute atomic E-state index is 0.00824. The van der Waals surface area contributed by atoms with Gasteiger partial charge in [0.15, 0.2) is 0 Å². The molecule has 0 aromatic rings. The molecule has 80 valence electrons. The number of carbonyl (C=O) groups is 1. The molecule has 0 saturated heterocycles. The standard InChI is InChI=1S/C10H13F3O/c11-10(12,13)5-4-8(14)9-6-2-1-3-7(6)9/h6-7,9H,1-5H2. The Morgan fingerprint density at radius 1 is 1.21 bits per heavy atom. The van der Waals surface area contributed by atoms with Crippen LogP contribution < -0.4 is 0 Å². The number of carbonyl (C=O) groups excluding carboxylic acids is 1. The van der Waals surface area contributed by atoms with Crippen molar-refractivity contribution >= 4 is 5.78 Å². The summed E-state index contributed by atoms with van der Waals surface area (Å²) < 4.78 is 35.5. The second kappa shape index (κ2) is 3.24. The van der Waals surface area contributed by atoms with E-state index in [1.165, 1.54) is 0 Å². The first-order valence-electron chi connectivity index (χ1n) is 5.08. The molecule has 0 aromatic carbocycles. The highest BCUT2D eigenvalue weighted by Gasteiger charge is 2.55. The Balaban J connectivity index is 1.75. The largest absolute Gasteiger partial charge is 0.389 e. The summed E-state index contributed by atoms with van der Waals surface area (Å²) in [4.78, 5) is 11.4. The Morgan fingerprint density at radius 2 is 1.79 bits per heavy atom. The van der Waals surface area contributed by atoms with Gasteiger partial charge in [0, 0.05) is 12.3 Å². The zero-order valence-corrected chi connectivity index (χ0v) is 7.81. The van der Waals surface area contributed by atoms with E-state index in [4.69, 9.17) is 0 Å². The van der Waals surface area contributed by atoms with Crippen molar-refractivity contribution in [3.8, 4) is 0 Å². The molecule has 0 aliphatic heterocycles. The number of alkyl halides is 3. The Kier molecular flexibility index (Phi) is 2.32. The van der Waals surface area contributed by atoms with Crippen molar-refractivity contribution in [2.45, 2.75) is 38.3 Å². The lowest BCUT2D eigenvalue weighted by Crippen LogP contribution is -2.13. The number of halogens is 3. The Morgan fingerprint density at radius 3 is 2.29 bits per heavy atom. The molecule has 0 amide bonds. The summed E-state index contributed by atoms with van der Waals surface area (Å²) in [6.45, 7) is 0. The van der Waals surface area contributed by atoms with Gasteiger partial charge in [-0.2, -0.15) is 13.2 Å². The van der Waals surface area contributed by atoms with Crippen molar-refractivity contribution in [3.63, 3.8) is 0 Å². The fourth-order valence-electron chi connectivity index (χ4n) is 2.73. The van der Waals surface area contributed by atoms with Gasteiger partial charge in [0.2, 0.25) is 0 Å². The van der Waals surface area contributed by atoms with Crippen molar-refractivity contribution in [1.29, 1.82) is 0 Å². The lowest BCUT2D eigenvalue weighted by Gasteiger charge is -2.06. The lowest BCUT2D eigenvalue weighted by atomic mass is 10.0. The van der Waals surface area contributed by atoms with Crippen molar-refractivity contribution in [2.24, 2.45) is 17.8 Å². The third-order valence-corrected chi connectivity index (χ3v) is 3.43. The van der Waals surface area contributed by atoms with E-state index in [0.717, 1.165) is 19.3 Å². The molecule has 0 spiro atoms. The van der Waals surface area contributed by atoms with Gasteiger partial charge in [0.05, 0.1) is 6.42 Å². The summed E-state index contributed by atoms with van der Waals surface area (Å²) in [6.07, 6.45) is -2.18. The Hall–Kier alpha value is -0.540. The van der Waals surface area contributed by atoms with E-state index in [9.17, 15) is 18.0 Å². The molecule has 1 nitrogen and oxygen atoms in total. The van der Waals surface area contributed by atoms with Crippen molar-refractivity contribution < 1.29 is 18.0 Å². The highest BCUT2D eigenvalue weighted by Crippen LogP contribution is 2.58. The Bertz CT molecular complexity index is 236. The van der Waals surface area contributed by atoms with E-state index in [1.807, 2.05) is 0 Å². The van der Waals surface area contributed by atoms with Gasteiger partial charge in [-0.1, -0.05) is 6.42 Å². The highest BCUT2D eigenvalue weighted by atomic mass is 19.4. The van der Waals surface area contributed by atoms with Crippen LogP contribution in [0.1, 0.15) is 32.1 Å². The van der Waals surface area contributed by atoms with Gasteiger partial charge < -0.3 is 0 Å². The van der Waals surface area contributed by atoms with Crippen LogP contribution in [-0.2, 0) is 4.79 Å². The minimum atomic E-state index is -4.18. The normalized spacial score (nSPS) is 35.5. The summed E-state index contributed by atoms with van der Waals surface area (Å²) in [5.74, 6) is 0.717. The first-order valence-corrected chi connectivity index (χ1v) is 5.08. The van der Waals surface area contributed by atoms with Gasteiger partial charge in [-0.3, -0.25) is 4.79 Å². The predicted octanol–water partition coefficient (Wildman–Crippen LogP) is 2.94. The Labute approximate surface area is 80.7 Å². The van der Waals surface area contributed by atoms with Crippen LogP contribution in [0.3, 0.4) is 0 Å². The molecule has 2 aliphatic rings. The molecular weight excluding hydrogens is 193 g/mol. The van der Waals surface area contributed by atoms with Gasteiger partial charge in [0.25, 0.3) is 0 Å². The van der Waals surface area contributed by atoms with E-state index in [2.05, 4.69) is 0 Å². The van der Waals surface area contributed by atoms with Gasteiger partial charge in [-0.25, -0.2) is 0 Å². The van der Waals surface area contributed by atoms with E-state index in [0.29, 0.717) is 11.8 Å². The van der Waals surface area contributed by atoms with Crippen LogP contribution in [0.4, 0.5) is 13.2 Å². The molecule has 2 atom stereocenters. The number of fused-ring (bicyclic) bond motifs is 1. The smallest absolute Gasteiger partial charge is 0.299 e. The van der Waals surface area contributed by atoms with Gasteiger partial charge in [-0.05, 0) is 24.7 Å². The number of rotatable bonds is 3. The molecule has 2 fully saturated rings. The van der Waals surface area contributed by atoms with Crippen LogP contribution in [0, 0.1) is 17.8 Å². The lowest BCUT2D eigenvalue weighted by molar-refractivity contribution is -0.144. The molecule has 2 unspecified atom stereocenters. The van der Waals surface area contributed by atoms with Crippen molar-refractivity contribution in [2.75, 3.05) is 0 Å². The topological polar surface area (TPSA) is 17.1 Å². The zero-order valence-electron chi connectivity index (χ0n) is 7.81. The zero-order chi connectivity index (χ0) is 10.3. The fourth-order valence-corrected chi connectivity index (χ4v) is 2.73. The average Bonchev–Trinajstić information content (AvgIpc) is 2.54. The predicted molar refractivity (Wildman–Crippen MR) is 44.6 cm³/mol. The van der Waals surface area contributed by atoms with Gasteiger partial charge in [-0.15, -0.1) is 0 Å². The molecule has 0 bridgehead atoms. The van der Waals surface area contributed by atoms with Crippen LogP contribution in [0.5, 0.6) is 0 Å². The summed E-state index contributed by atoms with van der Waals surface area (Å²) in [5, 5.41) is 0. The second-order valence-electron chi connectivity index (χ2n) is 4.37. The van der Waals surface area contributed by atoms with Gasteiger partial charge in [0.1, 0.15) is 5.78 Å². The molecule has 0 N–H and O–H groups in total. The molecule has 2 aliphatic carbocycles. The van der Waals surface area contributed by atoms with E-state index >= 15 is 0 Å². The van der Waals surface area contributed by atoms with E-state index in [1.54, 1.807) is 0 Å². The molecule has 4 heteroatoms. The maximum absolute atomic E-state index is 11.8. The maximum Gasteiger partial charge on any atom is 0.389 e. The summed E-state index contributed by atoms with van der Waals surface area (Å²) in [6, 6.07) is 0. The van der Waals surface area contributed by atoms with Gasteiger partial charge >= 0.3 is 6.18 Å². The third kappa shape index (κ3) is 1.93. The molecule has 2 saturated carbocycles. The SMILES string of the molecule is O=C(CCC(F)(F)F)C1C2CCCC21. The van der Waals surface area contributed by atoms with E-state index < -0.39 is 12.6 Å². The van der Waals surface area contributed by atoms with Crippen LogP contribution in [-0.4, -0.2) is 12.0 Å². The number of Topliss-reactive ketones (excluding diaryl/α,β-unsaturated/α-hetero) is 1. The summed E-state index contributed by atoms with van der Waals surface area (Å²) >= 11 is 0. The van der Waals surface area contributed by atoms with Crippen molar-refractivity contribution in [3.05, 3.63) is 0 Å². The highest BCUT2D eigenvalue weighted by molar-refractivity contribution is 5.84. The third-order valence-electron chi connectivity index (χ3n) is 3.43. The molecule has 0 aromatic heterocycles. The molecular formula is C10H13F3O. The first-order chi connectivity index (χ1) is 6.49. The number of ketones is 1. The minimum Gasteiger partial charge on any atom is -0.299 e. The quantitative estimate of drug-likeness (QED) is 0.693. The molecule has 14 heavy (non-hydrogen) atoms. The number of hydrogen-bond acceptors (Lipinski definition) is 1. The average molecular weight is 206 g/mol. The molecule has 2 rings (SSSR count). The molecule has 0 heterocycles. The monoisotopic (exact) mass is 206 g/mol. The fraction of sp³-hybridized carbons (Fsp3) is 0.900. The number of hydrogen-bond donors (Lipinski definition) is 0.